The number of amides is 1. The minimum atomic E-state index is -0.310. The SMILES string of the molecule is CCCCNc1ncc(C(=O)Nc2cccc(C#N)c2)cn1. The highest BCUT2D eigenvalue weighted by Gasteiger charge is 2.08. The van der Waals surface area contributed by atoms with Gasteiger partial charge >= 0.3 is 0 Å². The van der Waals surface area contributed by atoms with Gasteiger partial charge in [0.15, 0.2) is 0 Å². The van der Waals surface area contributed by atoms with Crippen molar-refractivity contribution in [2.75, 3.05) is 17.2 Å². The Balaban J connectivity index is 1.99. The van der Waals surface area contributed by atoms with E-state index >= 15 is 0 Å². The molecule has 2 N–H and O–H groups in total. The first-order valence-corrected chi connectivity index (χ1v) is 7.10. The molecule has 1 amide bonds. The van der Waals surface area contributed by atoms with Crippen LogP contribution >= 0.6 is 0 Å². The second kappa shape index (κ2) is 7.74. The van der Waals surface area contributed by atoms with Crippen LogP contribution in [0.4, 0.5) is 11.6 Å². The normalized spacial score (nSPS) is 9.82. The quantitative estimate of drug-likeness (QED) is 0.800. The molecule has 0 bridgehead atoms. The molecule has 0 atom stereocenters. The Morgan fingerprint density at radius 1 is 1.32 bits per heavy atom. The molecule has 1 aromatic heterocycles. The number of nitrogens with one attached hydrogen (secondary N) is 2. The first kappa shape index (κ1) is 15.4. The summed E-state index contributed by atoms with van der Waals surface area (Å²) < 4.78 is 0. The summed E-state index contributed by atoms with van der Waals surface area (Å²) in [5, 5.41) is 14.6. The highest BCUT2D eigenvalue weighted by molar-refractivity contribution is 6.03. The molecule has 2 rings (SSSR count). The van der Waals surface area contributed by atoms with Crippen LogP contribution < -0.4 is 10.6 Å². The van der Waals surface area contributed by atoms with E-state index in [4.69, 9.17) is 5.26 Å². The number of nitrogens with zero attached hydrogens (tertiary/aromatic N) is 3. The number of hydrogen-bond donors (Lipinski definition) is 2. The zero-order valence-electron chi connectivity index (χ0n) is 12.3. The van der Waals surface area contributed by atoms with E-state index in [1.165, 1.54) is 12.4 Å². The number of hydrogen-bond acceptors (Lipinski definition) is 5. The number of aromatic nitrogens is 2. The van der Waals surface area contributed by atoms with E-state index in [0.29, 0.717) is 22.8 Å². The number of rotatable bonds is 6. The van der Waals surface area contributed by atoms with Crippen molar-refractivity contribution >= 4 is 17.5 Å². The van der Waals surface area contributed by atoms with Crippen LogP contribution in [0.3, 0.4) is 0 Å². The third-order valence-electron chi connectivity index (χ3n) is 2.98. The maximum atomic E-state index is 12.1. The van der Waals surface area contributed by atoms with Gasteiger partial charge in [-0.2, -0.15) is 5.26 Å². The fraction of sp³-hybridized carbons (Fsp3) is 0.250. The van der Waals surface area contributed by atoms with Crippen molar-refractivity contribution in [1.82, 2.24) is 9.97 Å². The fourth-order valence-corrected chi connectivity index (χ4v) is 1.78. The van der Waals surface area contributed by atoms with E-state index in [1.54, 1.807) is 24.3 Å². The maximum Gasteiger partial charge on any atom is 0.258 e. The number of carbonyl (C=O) groups is 1. The van der Waals surface area contributed by atoms with Gasteiger partial charge < -0.3 is 10.6 Å². The molecule has 112 valence electrons. The lowest BCUT2D eigenvalue weighted by molar-refractivity contribution is 0.102. The molecule has 0 aliphatic carbocycles. The number of nitriles is 1. The zero-order valence-corrected chi connectivity index (χ0v) is 12.3. The summed E-state index contributed by atoms with van der Waals surface area (Å²) in [7, 11) is 0. The minimum absolute atomic E-state index is 0.310. The summed E-state index contributed by atoms with van der Waals surface area (Å²) in [6.07, 6.45) is 5.09. The van der Waals surface area contributed by atoms with Crippen LogP contribution in [-0.4, -0.2) is 22.4 Å². The lowest BCUT2D eigenvalue weighted by Gasteiger charge is -2.06. The van der Waals surface area contributed by atoms with Crippen molar-refractivity contribution in [2.45, 2.75) is 19.8 Å². The summed E-state index contributed by atoms with van der Waals surface area (Å²) in [5.74, 6) is 0.201. The Labute approximate surface area is 129 Å². The summed E-state index contributed by atoms with van der Waals surface area (Å²) >= 11 is 0. The molecule has 6 heteroatoms. The highest BCUT2D eigenvalue weighted by Crippen LogP contribution is 2.11. The van der Waals surface area contributed by atoms with Crippen LogP contribution in [0.1, 0.15) is 35.7 Å². The van der Waals surface area contributed by atoms with Crippen LogP contribution in [0, 0.1) is 11.3 Å². The predicted molar refractivity (Wildman–Crippen MR) is 84.5 cm³/mol. The number of anilines is 2. The van der Waals surface area contributed by atoms with Crippen LogP contribution in [0.5, 0.6) is 0 Å². The second-order valence-electron chi connectivity index (χ2n) is 4.72. The largest absolute Gasteiger partial charge is 0.354 e. The van der Waals surface area contributed by atoms with E-state index in [-0.39, 0.29) is 5.91 Å². The molecule has 0 fully saturated rings. The van der Waals surface area contributed by atoms with Gasteiger partial charge in [-0.1, -0.05) is 19.4 Å². The van der Waals surface area contributed by atoms with E-state index in [2.05, 4.69) is 27.5 Å². The molecule has 0 aliphatic heterocycles. The molecular formula is C16H17N5O. The standard InChI is InChI=1S/C16H17N5O/c1-2-3-7-18-16-19-10-13(11-20-16)15(22)21-14-6-4-5-12(8-14)9-17/h4-6,8,10-11H,2-3,7H2,1H3,(H,21,22)(H,18,19,20). The van der Waals surface area contributed by atoms with E-state index in [1.807, 2.05) is 6.07 Å². The molecule has 22 heavy (non-hydrogen) atoms. The van der Waals surface area contributed by atoms with E-state index in [0.717, 1.165) is 19.4 Å². The molecule has 6 nitrogen and oxygen atoms in total. The molecule has 0 unspecified atom stereocenters. The summed E-state index contributed by atoms with van der Waals surface area (Å²) in [4.78, 5) is 20.3. The van der Waals surface area contributed by atoms with Crippen molar-refractivity contribution in [3.05, 3.63) is 47.8 Å². The van der Waals surface area contributed by atoms with Gasteiger partial charge in [-0.3, -0.25) is 4.79 Å². The first-order chi connectivity index (χ1) is 10.7. The van der Waals surface area contributed by atoms with Gasteiger partial charge in [-0.05, 0) is 24.6 Å². The lowest BCUT2D eigenvalue weighted by atomic mass is 10.2. The molecular weight excluding hydrogens is 278 g/mol. The van der Waals surface area contributed by atoms with Crippen LogP contribution in [0.25, 0.3) is 0 Å². The highest BCUT2D eigenvalue weighted by atomic mass is 16.1. The van der Waals surface area contributed by atoms with E-state index < -0.39 is 0 Å². The van der Waals surface area contributed by atoms with Crippen LogP contribution in [0.2, 0.25) is 0 Å². The Morgan fingerprint density at radius 3 is 2.77 bits per heavy atom. The molecule has 0 aliphatic rings. The van der Waals surface area contributed by atoms with Crippen molar-refractivity contribution in [2.24, 2.45) is 0 Å². The smallest absolute Gasteiger partial charge is 0.258 e. The molecule has 0 saturated heterocycles. The monoisotopic (exact) mass is 295 g/mol. The molecule has 0 radical (unpaired) electrons. The van der Waals surface area contributed by atoms with Gasteiger partial charge in [0.2, 0.25) is 5.95 Å². The van der Waals surface area contributed by atoms with Crippen molar-refractivity contribution in [3.8, 4) is 6.07 Å². The van der Waals surface area contributed by atoms with Gasteiger partial charge in [0.25, 0.3) is 5.91 Å². The Bertz CT molecular complexity index is 676. The third kappa shape index (κ3) is 4.28. The number of benzene rings is 1. The van der Waals surface area contributed by atoms with Gasteiger partial charge in [-0.15, -0.1) is 0 Å². The zero-order chi connectivity index (χ0) is 15.8. The first-order valence-electron chi connectivity index (χ1n) is 7.10. The average Bonchev–Trinajstić information content (AvgIpc) is 2.56. The fourth-order valence-electron chi connectivity index (χ4n) is 1.78. The number of unbranched alkanes of at least 4 members (excludes halogenated alkanes) is 1. The topological polar surface area (TPSA) is 90.7 Å². The van der Waals surface area contributed by atoms with Gasteiger partial charge in [0.1, 0.15) is 0 Å². The molecule has 0 spiro atoms. The van der Waals surface area contributed by atoms with Crippen LogP contribution in [0.15, 0.2) is 36.7 Å². The Morgan fingerprint density at radius 2 is 2.09 bits per heavy atom. The third-order valence-corrected chi connectivity index (χ3v) is 2.98. The Hall–Kier alpha value is -2.94. The maximum absolute atomic E-state index is 12.1. The van der Waals surface area contributed by atoms with Crippen molar-refractivity contribution < 1.29 is 4.79 Å². The second-order valence-corrected chi connectivity index (χ2v) is 4.72. The summed E-state index contributed by atoms with van der Waals surface area (Å²) in [5.41, 5.74) is 1.42. The molecule has 0 saturated carbocycles. The minimum Gasteiger partial charge on any atom is -0.354 e. The number of carbonyl (C=O) groups excluding carboxylic acids is 1. The summed E-state index contributed by atoms with van der Waals surface area (Å²) in [6.45, 7) is 2.92. The molecule has 2 aromatic rings. The van der Waals surface area contributed by atoms with E-state index in [9.17, 15) is 4.79 Å². The van der Waals surface area contributed by atoms with Gasteiger partial charge in [-0.25, -0.2) is 9.97 Å². The molecule has 1 heterocycles. The predicted octanol–water partition coefficient (Wildman–Crippen LogP) is 2.81. The van der Waals surface area contributed by atoms with Crippen LogP contribution in [-0.2, 0) is 0 Å². The van der Waals surface area contributed by atoms with Gasteiger partial charge in [0.05, 0.1) is 17.2 Å². The Kier molecular flexibility index (Phi) is 5.44. The van der Waals surface area contributed by atoms with Crippen molar-refractivity contribution in [3.63, 3.8) is 0 Å². The summed E-state index contributed by atoms with van der Waals surface area (Å²) in [6, 6.07) is 8.75. The average molecular weight is 295 g/mol. The molecule has 1 aromatic carbocycles. The lowest BCUT2D eigenvalue weighted by Crippen LogP contribution is -2.13. The van der Waals surface area contributed by atoms with Crippen molar-refractivity contribution in [1.29, 1.82) is 5.26 Å². The van der Waals surface area contributed by atoms with Gasteiger partial charge in [0, 0.05) is 24.6 Å².